The molecule has 9 heteroatoms. The zero-order valence-corrected chi connectivity index (χ0v) is 22.2. The molecule has 0 bridgehead atoms. The van der Waals surface area contributed by atoms with Crippen molar-refractivity contribution in [2.24, 2.45) is 4.99 Å². The van der Waals surface area contributed by atoms with Crippen LogP contribution < -0.4 is 16.0 Å². The summed E-state index contributed by atoms with van der Waals surface area (Å²) in [4.78, 5) is 35.3. The van der Waals surface area contributed by atoms with Crippen LogP contribution in [0.4, 0.5) is 0 Å². The normalized spacial score (nSPS) is 11.7. The van der Waals surface area contributed by atoms with Crippen LogP contribution >= 0.6 is 11.6 Å². The van der Waals surface area contributed by atoms with Crippen LogP contribution in [-0.2, 0) is 13.0 Å². The Hall–Kier alpha value is -4.56. The number of ether oxygens (including phenoxy) is 1. The Morgan fingerprint density at radius 3 is 2.51 bits per heavy atom. The van der Waals surface area contributed by atoms with Crippen LogP contribution in [0.2, 0.25) is 5.02 Å². The van der Waals surface area contributed by atoms with Gasteiger partial charge < -0.3 is 14.8 Å². The van der Waals surface area contributed by atoms with Gasteiger partial charge in [0.05, 0.1) is 5.69 Å². The van der Waals surface area contributed by atoms with Gasteiger partial charge in [0, 0.05) is 33.9 Å². The van der Waals surface area contributed by atoms with Crippen LogP contribution in [0.25, 0.3) is 16.6 Å². The fourth-order valence-electron chi connectivity index (χ4n) is 4.61. The lowest BCUT2D eigenvalue weighted by Crippen LogP contribution is -2.32. The number of aromatic amines is 2. The number of nitrogens with zero attached hydrogens (tertiary/aromatic N) is 2. The second-order valence-corrected chi connectivity index (χ2v) is 9.63. The number of benzene rings is 3. The van der Waals surface area contributed by atoms with Gasteiger partial charge >= 0.3 is 5.69 Å². The highest BCUT2D eigenvalue weighted by Gasteiger charge is 2.18. The molecule has 8 nitrogen and oxygen atoms in total. The molecule has 39 heavy (non-hydrogen) atoms. The Morgan fingerprint density at radius 1 is 1.03 bits per heavy atom. The summed E-state index contributed by atoms with van der Waals surface area (Å²) in [6.45, 7) is 4.49. The first kappa shape index (κ1) is 26.1. The van der Waals surface area contributed by atoms with Crippen LogP contribution in [0.15, 0.2) is 87.4 Å². The predicted octanol–water partition coefficient (Wildman–Crippen LogP) is 5.31. The van der Waals surface area contributed by atoms with Crippen LogP contribution in [-0.4, -0.2) is 31.9 Å². The third-order valence-electron chi connectivity index (χ3n) is 6.58. The van der Waals surface area contributed by atoms with Crippen molar-refractivity contribution in [1.29, 1.82) is 0 Å². The highest BCUT2D eigenvalue weighted by molar-refractivity contribution is 6.30. The van der Waals surface area contributed by atoms with Crippen molar-refractivity contribution in [3.05, 3.63) is 121 Å². The Bertz CT molecular complexity index is 1780. The van der Waals surface area contributed by atoms with Gasteiger partial charge in [-0.25, -0.2) is 9.36 Å². The van der Waals surface area contributed by atoms with E-state index in [0.29, 0.717) is 36.0 Å². The van der Waals surface area contributed by atoms with E-state index in [0.717, 1.165) is 38.0 Å². The Kier molecular flexibility index (Phi) is 7.38. The lowest BCUT2D eigenvalue weighted by molar-refractivity contribution is 0.306. The van der Waals surface area contributed by atoms with Crippen LogP contribution in [0.3, 0.4) is 0 Å². The van der Waals surface area contributed by atoms with Crippen LogP contribution in [0.1, 0.15) is 29.3 Å². The first-order chi connectivity index (χ1) is 18.8. The molecule has 0 aliphatic carbocycles. The lowest BCUT2D eigenvalue weighted by Gasteiger charge is -2.11. The standard InChI is InChI=1S/C30H27ClN4O4/c1-18-24(25-16-23(12-13-26(25)33-18)39-17-20-6-4-3-5-7-20)14-15-32-19(2)27-28(36)34-30(38)35(29(27)37)22-10-8-21(31)9-11-22/h3-13,16,33,37H,14-15,17H2,1-2H3,(H,34,36,38). The summed E-state index contributed by atoms with van der Waals surface area (Å²) in [5.41, 5.74) is 3.38. The van der Waals surface area contributed by atoms with E-state index in [1.54, 1.807) is 31.2 Å². The second-order valence-electron chi connectivity index (χ2n) is 9.20. The number of rotatable bonds is 8. The first-order valence-electron chi connectivity index (χ1n) is 12.5. The molecule has 0 spiro atoms. The number of nitrogens with one attached hydrogen (secondary N) is 2. The summed E-state index contributed by atoms with van der Waals surface area (Å²) in [7, 11) is 0. The first-order valence-corrected chi connectivity index (χ1v) is 12.8. The summed E-state index contributed by atoms with van der Waals surface area (Å²) < 4.78 is 7.03. The lowest BCUT2D eigenvalue weighted by atomic mass is 10.1. The number of aromatic nitrogens is 3. The average molecular weight is 543 g/mol. The van der Waals surface area contributed by atoms with Crippen LogP contribution in [0, 0.1) is 6.92 Å². The van der Waals surface area contributed by atoms with E-state index in [2.05, 4.69) is 15.0 Å². The molecule has 2 aromatic heterocycles. The van der Waals surface area contributed by atoms with Crippen molar-refractivity contribution in [3.63, 3.8) is 0 Å². The van der Waals surface area contributed by atoms with E-state index >= 15 is 0 Å². The van der Waals surface area contributed by atoms with E-state index in [4.69, 9.17) is 16.3 Å². The molecule has 0 unspecified atom stereocenters. The number of halogens is 1. The number of aromatic hydroxyl groups is 1. The van der Waals surface area contributed by atoms with Crippen molar-refractivity contribution >= 4 is 28.2 Å². The number of fused-ring (bicyclic) bond motifs is 1. The van der Waals surface area contributed by atoms with E-state index in [1.807, 2.05) is 55.5 Å². The maximum atomic E-state index is 12.6. The van der Waals surface area contributed by atoms with Gasteiger partial charge in [0.1, 0.15) is 17.9 Å². The molecule has 0 saturated heterocycles. The highest BCUT2D eigenvalue weighted by Crippen LogP contribution is 2.27. The molecular weight excluding hydrogens is 516 g/mol. The number of hydrogen-bond acceptors (Lipinski definition) is 5. The SMILES string of the molecule is CC(=NCCc1c(C)[nH]c2ccc(OCc3ccccc3)cc12)c1c(O)n(-c2ccc(Cl)cc2)c(=O)[nH]c1=O. The van der Waals surface area contributed by atoms with E-state index in [1.165, 1.54) is 0 Å². The van der Waals surface area contributed by atoms with Gasteiger partial charge in [-0.05, 0) is 73.9 Å². The van der Waals surface area contributed by atoms with Crippen molar-refractivity contribution in [2.75, 3.05) is 6.54 Å². The fraction of sp³-hybridized carbons (Fsp3) is 0.167. The van der Waals surface area contributed by atoms with E-state index < -0.39 is 17.1 Å². The van der Waals surface area contributed by atoms with Gasteiger partial charge in [0.15, 0.2) is 0 Å². The molecule has 0 aliphatic rings. The van der Waals surface area contributed by atoms with E-state index in [-0.39, 0.29) is 5.56 Å². The van der Waals surface area contributed by atoms with Gasteiger partial charge in [-0.15, -0.1) is 0 Å². The van der Waals surface area contributed by atoms with Crippen molar-refractivity contribution in [2.45, 2.75) is 26.9 Å². The fourth-order valence-corrected chi connectivity index (χ4v) is 4.74. The zero-order chi connectivity index (χ0) is 27.5. The maximum Gasteiger partial charge on any atom is 0.335 e. The van der Waals surface area contributed by atoms with Crippen molar-refractivity contribution in [3.8, 4) is 17.3 Å². The molecule has 5 rings (SSSR count). The molecule has 0 amide bonds. The Morgan fingerprint density at radius 2 is 1.77 bits per heavy atom. The molecule has 5 aromatic rings. The molecule has 0 aliphatic heterocycles. The average Bonchev–Trinajstić information content (AvgIpc) is 3.23. The van der Waals surface area contributed by atoms with Gasteiger partial charge in [-0.3, -0.25) is 14.8 Å². The molecule has 0 fully saturated rings. The summed E-state index contributed by atoms with van der Waals surface area (Å²) in [6.07, 6.45) is 0.598. The molecule has 3 aromatic carbocycles. The minimum atomic E-state index is -0.754. The molecule has 0 saturated carbocycles. The minimum Gasteiger partial charge on any atom is -0.493 e. The molecule has 3 N–H and O–H groups in total. The van der Waals surface area contributed by atoms with Gasteiger partial charge in [0.25, 0.3) is 5.56 Å². The highest BCUT2D eigenvalue weighted by atomic mass is 35.5. The third kappa shape index (κ3) is 5.51. The maximum absolute atomic E-state index is 12.6. The zero-order valence-electron chi connectivity index (χ0n) is 21.5. The van der Waals surface area contributed by atoms with Gasteiger partial charge in [-0.2, -0.15) is 0 Å². The monoisotopic (exact) mass is 542 g/mol. The summed E-state index contributed by atoms with van der Waals surface area (Å²) in [5, 5.41) is 12.4. The van der Waals surface area contributed by atoms with Gasteiger partial charge in [-0.1, -0.05) is 41.9 Å². The topological polar surface area (TPSA) is 112 Å². The Labute approximate surface area is 229 Å². The smallest absolute Gasteiger partial charge is 0.335 e. The summed E-state index contributed by atoms with van der Waals surface area (Å²) >= 11 is 5.95. The molecule has 2 heterocycles. The molecular formula is C30H27ClN4O4. The predicted molar refractivity (Wildman–Crippen MR) is 154 cm³/mol. The quantitative estimate of drug-likeness (QED) is 0.231. The third-order valence-corrected chi connectivity index (χ3v) is 6.83. The summed E-state index contributed by atoms with van der Waals surface area (Å²) in [5.74, 6) is 0.294. The minimum absolute atomic E-state index is 0.0585. The number of aryl methyl sites for hydroxylation is 1. The van der Waals surface area contributed by atoms with Crippen molar-refractivity contribution < 1.29 is 9.84 Å². The Balaban J connectivity index is 1.38. The number of hydrogen-bond donors (Lipinski definition) is 3. The number of aliphatic imine (C=N–C) groups is 1. The number of H-pyrrole nitrogens is 2. The largest absolute Gasteiger partial charge is 0.493 e. The summed E-state index contributed by atoms with van der Waals surface area (Å²) in [6, 6.07) is 22.3. The molecule has 0 radical (unpaired) electrons. The molecule has 198 valence electrons. The van der Waals surface area contributed by atoms with E-state index in [9.17, 15) is 14.7 Å². The second kappa shape index (κ2) is 11.0. The van der Waals surface area contributed by atoms with Crippen molar-refractivity contribution in [1.82, 2.24) is 14.5 Å². The molecule has 0 atom stereocenters. The van der Waals surface area contributed by atoms with Crippen LogP contribution in [0.5, 0.6) is 11.6 Å². The van der Waals surface area contributed by atoms with Gasteiger partial charge in [0.2, 0.25) is 5.88 Å².